The number of aromatic nitrogens is 4. The first-order chi connectivity index (χ1) is 15.1. The third-order valence-corrected chi connectivity index (χ3v) is 6.47. The van der Waals surface area contributed by atoms with E-state index in [2.05, 4.69) is 14.9 Å². The van der Waals surface area contributed by atoms with E-state index >= 15 is 0 Å². The van der Waals surface area contributed by atoms with Crippen LogP contribution in [0.2, 0.25) is 0 Å². The van der Waals surface area contributed by atoms with Gasteiger partial charge in [0.1, 0.15) is 17.2 Å². The molecule has 0 aliphatic carbocycles. The average Bonchev–Trinajstić information content (AvgIpc) is 3.45. The van der Waals surface area contributed by atoms with E-state index < -0.39 is 0 Å². The Hall–Kier alpha value is -3.16. The number of aromatic amines is 1. The van der Waals surface area contributed by atoms with Gasteiger partial charge in [-0.1, -0.05) is 6.07 Å². The monoisotopic (exact) mass is 420 g/mol. The Morgan fingerprint density at radius 3 is 2.74 bits per heavy atom. The fourth-order valence-corrected chi connectivity index (χ4v) is 4.74. The smallest absolute Gasteiger partial charge is 0.251 e. The molecule has 2 fully saturated rings. The molecule has 0 spiro atoms. The van der Waals surface area contributed by atoms with Crippen molar-refractivity contribution < 1.29 is 4.79 Å². The van der Waals surface area contributed by atoms with Crippen LogP contribution in [0, 0.1) is 12.8 Å². The maximum absolute atomic E-state index is 12.9. The SMILES string of the molecule is Cc1cccc(=O)n1Cc1nc2ccc(N3CCC[C@@H](C(=O)N4CCCC4)C3)nc2[nH]1. The Labute approximate surface area is 180 Å². The van der Waals surface area contributed by atoms with Crippen molar-refractivity contribution in [1.29, 1.82) is 0 Å². The third-order valence-electron chi connectivity index (χ3n) is 6.47. The van der Waals surface area contributed by atoms with Crippen LogP contribution in [0.25, 0.3) is 11.2 Å². The van der Waals surface area contributed by atoms with Gasteiger partial charge in [-0.3, -0.25) is 9.59 Å². The van der Waals surface area contributed by atoms with Gasteiger partial charge in [-0.25, -0.2) is 9.97 Å². The van der Waals surface area contributed by atoms with Crippen LogP contribution in [0.4, 0.5) is 5.82 Å². The Bertz CT molecular complexity index is 1160. The number of rotatable bonds is 4. The van der Waals surface area contributed by atoms with Crippen LogP contribution >= 0.6 is 0 Å². The molecular formula is C23H28N6O2. The van der Waals surface area contributed by atoms with Gasteiger partial charge in [0.2, 0.25) is 5.91 Å². The second kappa shape index (κ2) is 8.17. The lowest BCUT2D eigenvalue weighted by atomic mass is 9.96. The minimum atomic E-state index is -0.0452. The predicted molar refractivity (Wildman–Crippen MR) is 119 cm³/mol. The number of hydrogen-bond donors (Lipinski definition) is 1. The maximum Gasteiger partial charge on any atom is 0.251 e. The first-order valence-electron chi connectivity index (χ1n) is 11.1. The Balaban J connectivity index is 1.35. The first-order valence-corrected chi connectivity index (χ1v) is 11.1. The van der Waals surface area contributed by atoms with Gasteiger partial charge in [0.15, 0.2) is 5.65 Å². The van der Waals surface area contributed by atoms with E-state index in [9.17, 15) is 9.59 Å². The van der Waals surface area contributed by atoms with Crippen molar-refractivity contribution in [3.05, 3.63) is 52.2 Å². The van der Waals surface area contributed by atoms with Gasteiger partial charge in [-0.2, -0.15) is 0 Å². The first kappa shape index (κ1) is 19.8. The molecule has 3 aromatic heterocycles. The van der Waals surface area contributed by atoms with E-state index in [1.54, 1.807) is 16.7 Å². The molecule has 8 heteroatoms. The Morgan fingerprint density at radius 1 is 1.10 bits per heavy atom. The molecule has 1 N–H and O–H groups in total. The molecule has 0 saturated carbocycles. The molecule has 0 bridgehead atoms. The number of nitrogens with one attached hydrogen (secondary N) is 1. The summed E-state index contributed by atoms with van der Waals surface area (Å²) in [5.74, 6) is 1.93. The van der Waals surface area contributed by atoms with Crippen molar-refractivity contribution >= 4 is 22.9 Å². The molecule has 5 heterocycles. The van der Waals surface area contributed by atoms with Gasteiger partial charge in [0.25, 0.3) is 5.56 Å². The summed E-state index contributed by atoms with van der Waals surface area (Å²) in [7, 11) is 0. The molecular weight excluding hydrogens is 392 g/mol. The number of carbonyl (C=O) groups is 1. The largest absolute Gasteiger partial charge is 0.356 e. The summed E-state index contributed by atoms with van der Waals surface area (Å²) in [4.78, 5) is 41.9. The number of piperidine rings is 1. The zero-order valence-corrected chi connectivity index (χ0v) is 17.9. The molecule has 1 amide bonds. The number of carbonyl (C=O) groups excluding carboxylic acids is 1. The number of aryl methyl sites for hydroxylation is 1. The van der Waals surface area contributed by atoms with Gasteiger partial charge in [0, 0.05) is 37.9 Å². The number of fused-ring (bicyclic) bond motifs is 1. The van der Waals surface area contributed by atoms with Gasteiger partial charge >= 0.3 is 0 Å². The van der Waals surface area contributed by atoms with Crippen LogP contribution in [-0.4, -0.2) is 56.5 Å². The number of imidazole rings is 1. The van der Waals surface area contributed by atoms with Crippen LogP contribution in [0.15, 0.2) is 35.1 Å². The summed E-state index contributed by atoms with van der Waals surface area (Å²) in [5.41, 5.74) is 2.34. The topological polar surface area (TPSA) is 87.1 Å². The van der Waals surface area contributed by atoms with Crippen molar-refractivity contribution in [3.63, 3.8) is 0 Å². The Morgan fingerprint density at radius 2 is 1.94 bits per heavy atom. The third kappa shape index (κ3) is 3.94. The number of pyridine rings is 2. The second-order valence-electron chi connectivity index (χ2n) is 8.63. The minimum Gasteiger partial charge on any atom is -0.356 e. The quantitative estimate of drug-likeness (QED) is 0.700. The Kier molecular flexibility index (Phi) is 5.21. The van der Waals surface area contributed by atoms with Gasteiger partial charge in [-0.15, -0.1) is 0 Å². The molecule has 5 rings (SSSR count). The highest BCUT2D eigenvalue weighted by molar-refractivity contribution is 5.80. The van der Waals surface area contributed by atoms with E-state index in [0.717, 1.165) is 62.3 Å². The highest BCUT2D eigenvalue weighted by Crippen LogP contribution is 2.26. The predicted octanol–water partition coefficient (Wildman–Crippen LogP) is 2.32. The highest BCUT2D eigenvalue weighted by atomic mass is 16.2. The molecule has 162 valence electrons. The molecule has 2 aliphatic rings. The van der Waals surface area contributed by atoms with Crippen LogP contribution in [0.3, 0.4) is 0 Å². The summed E-state index contributed by atoms with van der Waals surface area (Å²) in [6.45, 7) is 5.72. The average molecular weight is 421 g/mol. The summed E-state index contributed by atoms with van der Waals surface area (Å²) in [6.07, 6.45) is 4.19. The number of amides is 1. The number of anilines is 1. The number of hydrogen-bond acceptors (Lipinski definition) is 5. The van der Waals surface area contributed by atoms with Crippen LogP contribution in [-0.2, 0) is 11.3 Å². The molecule has 3 aromatic rings. The summed E-state index contributed by atoms with van der Waals surface area (Å²) in [5, 5.41) is 0. The van der Waals surface area contributed by atoms with E-state index in [1.807, 2.05) is 30.0 Å². The summed E-state index contributed by atoms with van der Waals surface area (Å²) in [6, 6.07) is 9.18. The lowest BCUT2D eigenvalue weighted by Gasteiger charge is -2.34. The van der Waals surface area contributed by atoms with E-state index in [1.165, 1.54) is 0 Å². The van der Waals surface area contributed by atoms with E-state index in [0.29, 0.717) is 30.5 Å². The minimum absolute atomic E-state index is 0.0452. The lowest BCUT2D eigenvalue weighted by Crippen LogP contribution is -2.44. The molecule has 1 atom stereocenters. The van der Waals surface area contributed by atoms with Crippen molar-refractivity contribution in [2.45, 2.75) is 39.2 Å². The van der Waals surface area contributed by atoms with Gasteiger partial charge in [0.05, 0.1) is 12.5 Å². The lowest BCUT2D eigenvalue weighted by molar-refractivity contribution is -0.134. The normalized spacial score (nSPS) is 19.3. The van der Waals surface area contributed by atoms with Gasteiger partial charge < -0.3 is 19.4 Å². The van der Waals surface area contributed by atoms with Gasteiger partial charge in [-0.05, 0) is 50.8 Å². The van der Waals surface area contributed by atoms with E-state index in [4.69, 9.17) is 4.98 Å². The molecule has 0 aromatic carbocycles. The maximum atomic E-state index is 12.9. The molecule has 31 heavy (non-hydrogen) atoms. The molecule has 0 radical (unpaired) electrons. The number of likely N-dealkylation sites (tertiary alicyclic amines) is 1. The fourth-order valence-electron chi connectivity index (χ4n) is 4.74. The zero-order chi connectivity index (χ0) is 21.4. The number of H-pyrrole nitrogens is 1. The summed E-state index contributed by atoms with van der Waals surface area (Å²) < 4.78 is 1.69. The van der Waals surface area contributed by atoms with Crippen molar-refractivity contribution in [3.8, 4) is 0 Å². The van der Waals surface area contributed by atoms with Crippen LogP contribution in [0.5, 0.6) is 0 Å². The molecule has 2 saturated heterocycles. The molecule has 2 aliphatic heterocycles. The zero-order valence-electron chi connectivity index (χ0n) is 17.9. The fraction of sp³-hybridized carbons (Fsp3) is 0.478. The highest BCUT2D eigenvalue weighted by Gasteiger charge is 2.31. The number of nitrogens with zero attached hydrogens (tertiary/aromatic N) is 5. The second-order valence-corrected chi connectivity index (χ2v) is 8.63. The summed E-state index contributed by atoms with van der Waals surface area (Å²) >= 11 is 0. The van der Waals surface area contributed by atoms with Crippen molar-refractivity contribution in [1.82, 2.24) is 24.4 Å². The van der Waals surface area contributed by atoms with Crippen LogP contribution in [0.1, 0.15) is 37.2 Å². The van der Waals surface area contributed by atoms with Crippen molar-refractivity contribution in [2.75, 3.05) is 31.1 Å². The van der Waals surface area contributed by atoms with E-state index in [-0.39, 0.29) is 11.5 Å². The van der Waals surface area contributed by atoms with Crippen molar-refractivity contribution in [2.24, 2.45) is 5.92 Å². The molecule has 0 unspecified atom stereocenters. The van der Waals surface area contributed by atoms with Crippen LogP contribution < -0.4 is 10.5 Å². The standard InChI is InChI=1S/C23H28N6O2/c1-16-6-4-8-21(30)29(16)15-19-24-18-9-10-20(26-22(18)25-19)28-13-5-7-17(14-28)23(31)27-11-2-3-12-27/h4,6,8-10,17H,2-3,5,7,11-15H2,1H3,(H,24,25,26)/t17-/m1/s1. The molecule has 8 nitrogen and oxygen atoms in total.